The Balaban J connectivity index is 1.68. The fourth-order valence-corrected chi connectivity index (χ4v) is 2.98. The molecule has 4 rings (SSSR count). The highest BCUT2D eigenvalue weighted by molar-refractivity contribution is 6.30. The van der Waals surface area contributed by atoms with E-state index in [0.29, 0.717) is 0 Å². The van der Waals surface area contributed by atoms with Crippen molar-refractivity contribution in [2.24, 2.45) is 4.99 Å². The second-order valence-corrected chi connectivity index (χ2v) is 5.95. The van der Waals surface area contributed by atoms with Crippen molar-refractivity contribution in [2.45, 2.75) is 6.54 Å². The van der Waals surface area contributed by atoms with Gasteiger partial charge >= 0.3 is 0 Å². The predicted octanol–water partition coefficient (Wildman–Crippen LogP) is 3.88. The van der Waals surface area contributed by atoms with E-state index in [1.54, 1.807) is 0 Å². The summed E-state index contributed by atoms with van der Waals surface area (Å²) in [5.74, 6) is 1.65. The average molecular weight is 326 g/mol. The predicted molar refractivity (Wildman–Crippen MR) is 92.9 cm³/mol. The Morgan fingerprint density at radius 1 is 1.13 bits per heavy atom. The fourth-order valence-electron chi connectivity index (χ4n) is 2.76. The lowest BCUT2D eigenvalue weighted by atomic mass is 10.2. The van der Waals surface area contributed by atoms with E-state index >= 15 is 0 Å². The number of nitrogens with zero attached hydrogens (tertiary/aromatic N) is 3. The number of para-hydroxylation sites is 2. The molecule has 2 aliphatic rings. The molecule has 0 N–H and O–H groups in total. The highest BCUT2D eigenvalue weighted by Crippen LogP contribution is 2.35. The van der Waals surface area contributed by atoms with E-state index in [1.165, 1.54) is 0 Å². The van der Waals surface area contributed by atoms with E-state index in [0.717, 1.165) is 47.5 Å². The molecule has 23 heavy (non-hydrogen) atoms. The summed E-state index contributed by atoms with van der Waals surface area (Å²) in [6.07, 6.45) is 3.86. The molecule has 2 aliphatic heterocycles. The van der Waals surface area contributed by atoms with Crippen LogP contribution in [0.5, 0.6) is 5.75 Å². The minimum absolute atomic E-state index is 0.732. The molecule has 0 bridgehead atoms. The van der Waals surface area contributed by atoms with Gasteiger partial charge in [0.2, 0.25) is 5.88 Å². The van der Waals surface area contributed by atoms with E-state index in [-0.39, 0.29) is 0 Å². The van der Waals surface area contributed by atoms with Crippen molar-refractivity contribution in [1.82, 2.24) is 4.90 Å². The van der Waals surface area contributed by atoms with Gasteiger partial charge in [0.15, 0.2) is 5.75 Å². The molecule has 0 aliphatic carbocycles. The van der Waals surface area contributed by atoms with Gasteiger partial charge < -0.3 is 14.5 Å². The van der Waals surface area contributed by atoms with Gasteiger partial charge in [-0.2, -0.15) is 0 Å². The minimum Gasteiger partial charge on any atom is -0.437 e. The summed E-state index contributed by atoms with van der Waals surface area (Å²) in [5, 5.41) is 0.750. The van der Waals surface area contributed by atoms with Crippen LogP contribution < -0.4 is 9.64 Å². The Hall–Kier alpha value is -2.46. The summed E-state index contributed by atoms with van der Waals surface area (Å²) in [6.45, 7) is 2.38. The molecule has 0 saturated carbocycles. The van der Waals surface area contributed by atoms with E-state index < -0.39 is 0 Å². The SMILES string of the molecule is Clc1cccc(CN2C=C(N3C=NCC3)Oc3ccccc32)c1. The first kappa shape index (κ1) is 14.2. The van der Waals surface area contributed by atoms with Crippen molar-refractivity contribution in [2.75, 3.05) is 18.0 Å². The summed E-state index contributed by atoms with van der Waals surface area (Å²) < 4.78 is 6.04. The van der Waals surface area contributed by atoms with E-state index in [9.17, 15) is 0 Å². The van der Waals surface area contributed by atoms with Gasteiger partial charge in [0.1, 0.15) is 0 Å². The van der Waals surface area contributed by atoms with E-state index in [1.807, 2.05) is 53.8 Å². The third kappa shape index (κ3) is 2.90. The van der Waals surface area contributed by atoms with Gasteiger partial charge in [-0.15, -0.1) is 0 Å². The van der Waals surface area contributed by atoms with Crippen molar-refractivity contribution in [3.8, 4) is 5.75 Å². The fraction of sp³-hybridized carbons (Fsp3) is 0.167. The number of hydrogen-bond acceptors (Lipinski definition) is 4. The number of fused-ring (bicyclic) bond motifs is 1. The van der Waals surface area contributed by atoms with Crippen molar-refractivity contribution >= 4 is 23.6 Å². The third-order valence-corrected chi connectivity index (χ3v) is 4.11. The maximum atomic E-state index is 6.11. The summed E-state index contributed by atoms with van der Waals surface area (Å²) >= 11 is 6.11. The monoisotopic (exact) mass is 325 g/mol. The van der Waals surface area contributed by atoms with Gasteiger partial charge in [-0.25, -0.2) is 0 Å². The number of benzene rings is 2. The topological polar surface area (TPSA) is 28.1 Å². The van der Waals surface area contributed by atoms with E-state index in [2.05, 4.69) is 22.0 Å². The third-order valence-electron chi connectivity index (χ3n) is 3.87. The first-order valence-electron chi connectivity index (χ1n) is 7.56. The van der Waals surface area contributed by atoms with Crippen LogP contribution in [0.3, 0.4) is 0 Å². The van der Waals surface area contributed by atoms with Crippen LogP contribution in [0.25, 0.3) is 0 Å². The first-order chi connectivity index (χ1) is 11.3. The standard InChI is InChI=1S/C18H16ClN3O/c19-15-5-3-4-14(10-15)11-22-12-18(21-9-8-20-13-21)23-17-7-2-1-6-16(17)22/h1-7,10,12-13H,8-9,11H2. The number of halogens is 1. The van der Waals surface area contributed by atoms with Gasteiger partial charge in [-0.1, -0.05) is 35.9 Å². The molecule has 4 nitrogen and oxygen atoms in total. The zero-order valence-corrected chi connectivity index (χ0v) is 13.3. The number of hydrogen-bond donors (Lipinski definition) is 0. The summed E-state index contributed by atoms with van der Waals surface area (Å²) in [5.41, 5.74) is 2.20. The Labute approximate surface area is 140 Å². The molecule has 5 heteroatoms. The molecule has 0 amide bonds. The molecule has 0 saturated heterocycles. The van der Waals surface area contributed by atoms with Crippen LogP contribution in [0.4, 0.5) is 5.69 Å². The van der Waals surface area contributed by atoms with Crippen LogP contribution in [0, 0.1) is 0 Å². The number of ether oxygens (including phenoxy) is 1. The summed E-state index contributed by atoms with van der Waals surface area (Å²) in [6, 6.07) is 16.0. The van der Waals surface area contributed by atoms with Gasteiger partial charge in [-0.05, 0) is 29.8 Å². The highest BCUT2D eigenvalue weighted by Gasteiger charge is 2.23. The quantitative estimate of drug-likeness (QED) is 0.857. The Bertz CT molecular complexity index is 787. The normalized spacial score (nSPS) is 16.1. The molecule has 0 aromatic heterocycles. The largest absolute Gasteiger partial charge is 0.437 e. The second-order valence-electron chi connectivity index (χ2n) is 5.51. The zero-order valence-electron chi connectivity index (χ0n) is 12.5. The van der Waals surface area contributed by atoms with Crippen LogP contribution in [0.2, 0.25) is 5.02 Å². The lowest BCUT2D eigenvalue weighted by Gasteiger charge is -2.31. The summed E-state index contributed by atoms with van der Waals surface area (Å²) in [7, 11) is 0. The molecular formula is C18H16ClN3O. The summed E-state index contributed by atoms with van der Waals surface area (Å²) in [4.78, 5) is 8.48. The molecule has 2 aromatic carbocycles. The maximum absolute atomic E-state index is 6.11. The molecule has 0 radical (unpaired) electrons. The molecule has 116 valence electrons. The second kappa shape index (κ2) is 5.97. The Morgan fingerprint density at radius 2 is 2.04 bits per heavy atom. The number of rotatable bonds is 3. The van der Waals surface area contributed by atoms with Crippen molar-refractivity contribution in [1.29, 1.82) is 0 Å². The molecule has 0 fully saturated rings. The molecule has 2 aromatic rings. The Morgan fingerprint density at radius 3 is 2.87 bits per heavy atom. The molecule has 0 unspecified atom stereocenters. The van der Waals surface area contributed by atoms with Crippen molar-refractivity contribution < 1.29 is 4.74 Å². The van der Waals surface area contributed by atoms with Gasteiger partial charge in [0, 0.05) is 18.1 Å². The zero-order chi connectivity index (χ0) is 15.6. The van der Waals surface area contributed by atoms with E-state index in [4.69, 9.17) is 16.3 Å². The van der Waals surface area contributed by atoms with Gasteiger partial charge in [-0.3, -0.25) is 4.99 Å². The first-order valence-corrected chi connectivity index (χ1v) is 7.94. The number of aliphatic imine (C=N–C) groups is 1. The lowest BCUT2D eigenvalue weighted by Crippen LogP contribution is -2.30. The maximum Gasteiger partial charge on any atom is 0.217 e. The smallest absolute Gasteiger partial charge is 0.217 e. The molecule has 2 heterocycles. The minimum atomic E-state index is 0.732. The Kier molecular flexibility index (Phi) is 3.67. The highest BCUT2D eigenvalue weighted by atomic mass is 35.5. The van der Waals surface area contributed by atoms with Crippen LogP contribution in [-0.4, -0.2) is 24.3 Å². The molecule has 0 atom stereocenters. The van der Waals surface area contributed by atoms with Crippen LogP contribution in [0.15, 0.2) is 65.6 Å². The van der Waals surface area contributed by atoms with Gasteiger partial charge in [0.05, 0.1) is 24.8 Å². The van der Waals surface area contributed by atoms with Gasteiger partial charge in [0.25, 0.3) is 0 Å². The average Bonchev–Trinajstić information content (AvgIpc) is 3.09. The van der Waals surface area contributed by atoms with Crippen LogP contribution in [-0.2, 0) is 6.54 Å². The van der Waals surface area contributed by atoms with Crippen molar-refractivity contribution in [3.63, 3.8) is 0 Å². The van der Waals surface area contributed by atoms with Crippen LogP contribution >= 0.6 is 11.6 Å². The lowest BCUT2D eigenvalue weighted by molar-refractivity contribution is 0.299. The van der Waals surface area contributed by atoms with Crippen molar-refractivity contribution in [3.05, 3.63) is 71.2 Å². The molecular weight excluding hydrogens is 310 g/mol. The molecule has 0 spiro atoms. The number of anilines is 1. The van der Waals surface area contributed by atoms with Crippen LogP contribution in [0.1, 0.15) is 5.56 Å².